The van der Waals surface area contributed by atoms with Crippen molar-refractivity contribution < 1.29 is 23.8 Å². The summed E-state index contributed by atoms with van der Waals surface area (Å²) in [5, 5.41) is 0. The van der Waals surface area contributed by atoms with Crippen molar-refractivity contribution in [3.05, 3.63) is 42.5 Å². The van der Waals surface area contributed by atoms with Crippen molar-refractivity contribution in [3.8, 4) is 5.75 Å². The van der Waals surface area contributed by atoms with Crippen LogP contribution in [-0.2, 0) is 25.5 Å². The molecule has 0 spiro atoms. The number of esters is 2. The van der Waals surface area contributed by atoms with Gasteiger partial charge < -0.3 is 14.2 Å². The molecule has 0 radical (unpaired) electrons. The molecule has 29 heavy (non-hydrogen) atoms. The third kappa shape index (κ3) is 10.2. The lowest BCUT2D eigenvalue weighted by Crippen LogP contribution is -2.21. The van der Waals surface area contributed by atoms with E-state index in [1.54, 1.807) is 0 Å². The van der Waals surface area contributed by atoms with E-state index in [-0.39, 0.29) is 18.0 Å². The molecule has 1 aromatic carbocycles. The summed E-state index contributed by atoms with van der Waals surface area (Å²) in [6.07, 6.45) is 11.9. The predicted molar refractivity (Wildman–Crippen MR) is 113 cm³/mol. The Balaban J connectivity index is 1.52. The van der Waals surface area contributed by atoms with E-state index in [1.807, 2.05) is 24.3 Å². The summed E-state index contributed by atoms with van der Waals surface area (Å²) in [5.41, 5.74) is 1.12. The SMILES string of the molecule is C=CC(=O)OCCCCCCOc1ccc(CCC(=O)OC2CCCCC2)cc1. The summed E-state index contributed by atoms with van der Waals surface area (Å²) in [6, 6.07) is 7.93. The molecule has 1 aromatic rings. The Bertz CT molecular complexity index is 617. The molecule has 1 aliphatic carbocycles. The summed E-state index contributed by atoms with van der Waals surface area (Å²) in [5.74, 6) is 0.396. The van der Waals surface area contributed by atoms with Crippen LogP contribution >= 0.6 is 0 Å². The lowest BCUT2D eigenvalue weighted by atomic mass is 9.98. The van der Waals surface area contributed by atoms with E-state index in [4.69, 9.17) is 14.2 Å². The highest BCUT2D eigenvalue weighted by Crippen LogP contribution is 2.21. The second-order valence-corrected chi connectivity index (χ2v) is 7.53. The molecule has 5 heteroatoms. The Morgan fingerprint density at radius 2 is 1.66 bits per heavy atom. The first-order valence-corrected chi connectivity index (χ1v) is 10.9. The van der Waals surface area contributed by atoms with Gasteiger partial charge in [0.15, 0.2) is 0 Å². The minimum Gasteiger partial charge on any atom is -0.494 e. The smallest absolute Gasteiger partial charge is 0.330 e. The molecular weight excluding hydrogens is 368 g/mol. The van der Waals surface area contributed by atoms with Gasteiger partial charge in [-0.3, -0.25) is 4.79 Å². The van der Waals surface area contributed by atoms with Crippen LogP contribution in [0.1, 0.15) is 69.8 Å². The Labute approximate surface area is 174 Å². The Hall–Kier alpha value is -2.30. The van der Waals surface area contributed by atoms with E-state index >= 15 is 0 Å². The molecule has 0 aromatic heterocycles. The minimum atomic E-state index is -0.363. The molecular formula is C24H34O5. The van der Waals surface area contributed by atoms with Crippen molar-refractivity contribution in [3.63, 3.8) is 0 Å². The maximum Gasteiger partial charge on any atom is 0.330 e. The molecule has 0 heterocycles. The normalized spacial score (nSPS) is 14.2. The average Bonchev–Trinajstić information content (AvgIpc) is 2.75. The Morgan fingerprint density at radius 1 is 0.966 bits per heavy atom. The average molecular weight is 403 g/mol. The van der Waals surface area contributed by atoms with Crippen molar-refractivity contribution in [2.24, 2.45) is 0 Å². The minimum absolute atomic E-state index is 0.0866. The highest BCUT2D eigenvalue weighted by atomic mass is 16.5. The molecule has 0 bridgehead atoms. The van der Waals surface area contributed by atoms with E-state index in [1.165, 1.54) is 25.3 Å². The first-order chi connectivity index (χ1) is 14.2. The van der Waals surface area contributed by atoms with Crippen molar-refractivity contribution in [2.75, 3.05) is 13.2 Å². The van der Waals surface area contributed by atoms with Crippen molar-refractivity contribution in [2.45, 2.75) is 76.7 Å². The van der Waals surface area contributed by atoms with Crippen molar-refractivity contribution in [1.82, 2.24) is 0 Å². The highest BCUT2D eigenvalue weighted by Gasteiger charge is 2.17. The van der Waals surface area contributed by atoms with E-state index in [0.717, 1.165) is 49.8 Å². The van der Waals surface area contributed by atoms with Crippen LogP contribution in [0.5, 0.6) is 5.75 Å². The van der Waals surface area contributed by atoms with Crippen LogP contribution in [0.15, 0.2) is 36.9 Å². The number of benzene rings is 1. The first kappa shape index (κ1) is 23.0. The maximum absolute atomic E-state index is 12.0. The number of carbonyl (C=O) groups excluding carboxylic acids is 2. The molecule has 1 fully saturated rings. The summed E-state index contributed by atoms with van der Waals surface area (Å²) in [4.78, 5) is 22.9. The number of hydrogen-bond donors (Lipinski definition) is 0. The monoisotopic (exact) mass is 402 g/mol. The lowest BCUT2D eigenvalue weighted by Gasteiger charge is -2.21. The van der Waals surface area contributed by atoms with Gasteiger partial charge in [0.2, 0.25) is 0 Å². The fourth-order valence-electron chi connectivity index (χ4n) is 3.41. The number of aryl methyl sites for hydroxylation is 1. The molecule has 0 unspecified atom stereocenters. The standard InChI is InChI=1S/C24H34O5/c1-2-23(25)28-19-9-4-3-8-18-27-21-15-12-20(13-16-21)14-17-24(26)29-22-10-6-5-7-11-22/h2,12-13,15-16,22H,1,3-11,14,17-19H2. The first-order valence-electron chi connectivity index (χ1n) is 10.9. The molecule has 1 saturated carbocycles. The van der Waals surface area contributed by atoms with Gasteiger partial charge in [-0.15, -0.1) is 0 Å². The van der Waals surface area contributed by atoms with E-state index in [0.29, 0.717) is 26.1 Å². The van der Waals surface area contributed by atoms with Gasteiger partial charge in [0.1, 0.15) is 11.9 Å². The Kier molecular flexibility index (Phi) is 10.9. The topological polar surface area (TPSA) is 61.8 Å². The fraction of sp³-hybridized carbons (Fsp3) is 0.583. The third-order valence-electron chi connectivity index (χ3n) is 5.11. The van der Waals surface area contributed by atoms with E-state index in [9.17, 15) is 9.59 Å². The van der Waals surface area contributed by atoms with Gasteiger partial charge in [-0.25, -0.2) is 4.79 Å². The van der Waals surface area contributed by atoms with Crippen molar-refractivity contribution >= 4 is 11.9 Å². The molecule has 0 amide bonds. The van der Waals surface area contributed by atoms with Gasteiger partial charge >= 0.3 is 11.9 Å². The molecule has 0 N–H and O–H groups in total. The van der Waals surface area contributed by atoms with Crippen LogP contribution in [0.4, 0.5) is 0 Å². The van der Waals surface area contributed by atoms with E-state index in [2.05, 4.69) is 6.58 Å². The van der Waals surface area contributed by atoms with Crippen molar-refractivity contribution in [1.29, 1.82) is 0 Å². The maximum atomic E-state index is 12.0. The van der Waals surface area contributed by atoms with Gasteiger partial charge in [0.05, 0.1) is 13.2 Å². The number of rotatable bonds is 13. The zero-order chi connectivity index (χ0) is 20.7. The second kappa shape index (κ2) is 13.8. The summed E-state index contributed by atoms with van der Waals surface area (Å²) < 4.78 is 16.3. The predicted octanol–water partition coefficient (Wildman–Crippen LogP) is 5.16. The molecule has 1 aliphatic rings. The Morgan fingerprint density at radius 3 is 2.34 bits per heavy atom. The summed E-state index contributed by atoms with van der Waals surface area (Å²) in [6.45, 7) is 4.47. The van der Waals surface area contributed by atoms with Crippen LogP contribution in [0.25, 0.3) is 0 Å². The van der Waals surface area contributed by atoms with Crippen LogP contribution in [0.2, 0.25) is 0 Å². The highest BCUT2D eigenvalue weighted by molar-refractivity contribution is 5.81. The van der Waals surface area contributed by atoms with Gasteiger partial charge in [-0.2, -0.15) is 0 Å². The zero-order valence-corrected chi connectivity index (χ0v) is 17.4. The van der Waals surface area contributed by atoms with Gasteiger partial charge in [0.25, 0.3) is 0 Å². The number of hydrogen-bond acceptors (Lipinski definition) is 5. The number of ether oxygens (including phenoxy) is 3. The molecule has 2 rings (SSSR count). The van der Waals surface area contributed by atoms with Crippen LogP contribution < -0.4 is 4.74 Å². The molecule has 0 aliphatic heterocycles. The number of carbonyl (C=O) groups is 2. The van der Waals surface area contributed by atoms with Gasteiger partial charge in [-0.05, 0) is 75.5 Å². The molecule has 160 valence electrons. The van der Waals surface area contributed by atoms with Crippen LogP contribution in [0.3, 0.4) is 0 Å². The van der Waals surface area contributed by atoms with Crippen LogP contribution in [-0.4, -0.2) is 31.3 Å². The summed E-state index contributed by atoms with van der Waals surface area (Å²) >= 11 is 0. The lowest BCUT2D eigenvalue weighted by molar-refractivity contribution is -0.150. The quantitative estimate of drug-likeness (QED) is 0.259. The van der Waals surface area contributed by atoms with E-state index < -0.39 is 0 Å². The van der Waals surface area contributed by atoms with Crippen LogP contribution in [0, 0.1) is 0 Å². The largest absolute Gasteiger partial charge is 0.494 e. The van der Waals surface area contributed by atoms with Gasteiger partial charge in [-0.1, -0.05) is 25.1 Å². The number of unbranched alkanes of at least 4 members (excludes halogenated alkanes) is 3. The zero-order valence-electron chi connectivity index (χ0n) is 17.4. The molecule has 0 atom stereocenters. The third-order valence-corrected chi connectivity index (χ3v) is 5.11. The molecule has 0 saturated heterocycles. The molecule has 5 nitrogen and oxygen atoms in total. The van der Waals surface area contributed by atoms with Gasteiger partial charge in [0, 0.05) is 12.5 Å². The fourth-order valence-corrected chi connectivity index (χ4v) is 3.41. The second-order valence-electron chi connectivity index (χ2n) is 7.53. The summed E-state index contributed by atoms with van der Waals surface area (Å²) in [7, 11) is 0.